The van der Waals surface area contributed by atoms with E-state index in [0.717, 1.165) is 4.47 Å². The van der Waals surface area contributed by atoms with Gasteiger partial charge in [0.2, 0.25) is 0 Å². The van der Waals surface area contributed by atoms with Crippen molar-refractivity contribution in [2.24, 2.45) is 0 Å². The molecule has 1 unspecified atom stereocenters. The number of nitrogens with one attached hydrogen (secondary N) is 1. The Morgan fingerprint density at radius 3 is 2.65 bits per heavy atom. The van der Waals surface area contributed by atoms with Gasteiger partial charge in [0.1, 0.15) is 0 Å². The standard InChI is InChI=1S/C15H24BrN/c1-4-5-6-8-12(2)17-13(3)14-9-7-10-15(16)11-14/h7,9-13,17H,4-6,8H2,1-3H3/t12?,13-/m0/s1. The Labute approximate surface area is 114 Å². The maximum atomic E-state index is 3.66. The Morgan fingerprint density at radius 2 is 2.00 bits per heavy atom. The molecule has 2 atom stereocenters. The molecule has 0 radical (unpaired) electrons. The van der Waals surface area contributed by atoms with E-state index < -0.39 is 0 Å². The largest absolute Gasteiger partial charge is 0.308 e. The van der Waals surface area contributed by atoms with E-state index in [1.54, 1.807) is 0 Å². The minimum atomic E-state index is 0.420. The van der Waals surface area contributed by atoms with Gasteiger partial charge >= 0.3 is 0 Å². The van der Waals surface area contributed by atoms with Crippen LogP contribution in [0.5, 0.6) is 0 Å². The lowest BCUT2D eigenvalue weighted by Gasteiger charge is -2.20. The zero-order chi connectivity index (χ0) is 12.7. The third-order valence-electron chi connectivity index (χ3n) is 3.12. The highest BCUT2D eigenvalue weighted by molar-refractivity contribution is 9.10. The van der Waals surface area contributed by atoms with Crippen LogP contribution in [0.15, 0.2) is 28.7 Å². The van der Waals surface area contributed by atoms with Crippen molar-refractivity contribution in [3.05, 3.63) is 34.3 Å². The molecule has 1 rings (SSSR count). The van der Waals surface area contributed by atoms with Gasteiger partial charge in [0.05, 0.1) is 0 Å². The molecule has 17 heavy (non-hydrogen) atoms. The van der Waals surface area contributed by atoms with Crippen molar-refractivity contribution in [3.8, 4) is 0 Å². The summed E-state index contributed by atoms with van der Waals surface area (Å²) in [5.74, 6) is 0. The van der Waals surface area contributed by atoms with Crippen LogP contribution in [0.4, 0.5) is 0 Å². The highest BCUT2D eigenvalue weighted by atomic mass is 79.9. The molecule has 0 aliphatic rings. The average Bonchev–Trinajstić information content (AvgIpc) is 2.29. The van der Waals surface area contributed by atoms with Crippen LogP contribution in [0.25, 0.3) is 0 Å². The Kier molecular flexibility index (Phi) is 6.83. The molecule has 0 fully saturated rings. The minimum absolute atomic E-state index is 0.420. The molecule has 0 aliphatic heterocycles. The van der Waals surface area contributed by atoms with E-state index in [9.17, 15) is 0 Å². The molecule has 1 N–H and O–H groups in total. The molecule has 0 spiro atoms. The highest BCUT2D eigenvalue weighted by Gasteiger charge is 2.09. The van der Waals surface area contributed by atoms with Crippen LogP contribution in [0.1, 0.15) is 58.1 Å². The summed E-state index contributed by atoms with van der Waals surface area (Å²) in [6.07, 6.45) is 5.24. The molecule has 1 nitrogen and oxygen atoms in total. The molecule has 0 amide bonds. The number of benzene rings is 1. The van der Waals surface area contributed by atoms with Gasteiger partial charge in [-0.3, -0.25) is 0 Å². The summed E-state index contributed by atoms with van der Waals surface area (Å²) in [6, 6.07) is 9.55. The summed E-state index contributed by atoms with van der Waals surface area (Å²) in [4.78, 5) is 0. The van der Waals surface area contributed by atoms with Crippen LogP contribution in [-0.4, -0.2) is 6.04 Å². The number of halogens is 1. The molecule has 1 aromatic carbocycles. The van der Waals surface area contributed by atoms with Gasteiger partial charge < -0.3 is 5.32 Å². The van der Waals surface area contributed by atoms with Gasteiger partial charge in [-0.2, -0.15) is 0 Å². The molecule has 1 aromatic rings. The zero-order valence-corrected chi connectivity index (χ0v) is 12.8. The highest BCUT2D eigenvalue weighted by Crippen LogP contribution is 2.18. The quantitative estimate of drug-likeness (QED) is 0.693. The van der Waals surface area contributed by atoms with Crippen LogP contribution in [0.2, 0.25) is 0 Å². The van der Waals surface area contributed by atoms with Gasteiger partial charge in [-0.15, -0.1) is 0 Å². The average molecular weight is 298 g/mol. The fraction of sp³-hybridized carbons (Fsp3) is 0.600. The molecule has 0 aliphatic carbocycles. The number of unbranched alkanes of at least 4 members (excludes halogenated alkanes) is 2. The fourth-order valence-corrected chi connectivity index (χ4v) is 2.50. The molecule has 0 bridgehead atoms. The second kappa shape index (κ2) is 7.88. The maximum Gasteiger partial charge on any atom is 0.0294 e. The number of rotatable bonds is 7. The van der Waals surface area contributed by atoms with Gasteiger partial charge in [0, 0.05) is 16.6 Å². The second-order valence-corrected chi connectivity index (χ2v) is 5.76. The Morgan fingerprint density at radius 1 is 1.24 bits per heavy atom. The summed E-state index contributed by atoms with van der Waals surface area (Å²) < 4.78 is 1.15. The number of hydrogen-bond donors (Lipinski definition) is 1. The normalized spacial score (nSPS) is 14.6. The SMILES string of the molecule is CCCCCC(C)N[C@@H](C)c1cccc(Br)c1. The molecule has 0 aromatic heterocycles. The first-order chi connectivity index (χ1) is 8.13. The van der Waals surface area contributed by atoms with Gasteiger partial charge in [-0.05, 0) is 38.0 Å². The second-order valence-electron chi connectivity index (χ2n) is 4.84. The smallest absolute Gasteiger partial charge is 0.0294 e. The first-order valence-electron chi connectivity index (χ1n) is 6.65. The lowest BCUT2D eigenvalue weighted by Crippen LogP contribution is -2.28. The molecule has 0 saturated heterocycles. The Bertz CT molecular complexity index is 324. The Hall–Kier alpha value is -0.340. The molecule has 2 heteroatoms. The minimum Gasteiger partial charge on any atom is -0.308 e. The predicted molar refractivity (Wildman–Crippen MR) is 79.3 cm³/mol. The van der Waals surface area contributed by atoms with E-state index >= 15 is 0 Å². The van der Waals surface area contributed by atoms with Crippen molar-refractivity contribution in [2.75, 3.05) is 0 Å². The maximum absolute atomic E-state index is 3.66. The van der Waals surface area contributed by atoms with E-state index in [4.69, 9.17) is 0 Å². The van der Waals surface area contributed by atoms with Gasteiger partial charge in [-0.25, -0.2) is 0 Å². The van der Waals surface area contributed by atoms with Crippen molar-refractivity contribution in [3.63, 3.8) is 0 Å². The summed E-state index contributed by atoms with van der Waals surface area (Å²) in [6.45, 7) is 6.77. The summed E-state index contributed by atoms with van der Waals surface area (Å²) in [5, 5.41) is 3.66. The van der Waals surface area contributed by atoms with Gasteiger partial charge in [0.15, 0.2) is 0 Å². The lowest BCUT2D eigenvalue weighted by atomic mass is 10.1. The van der Waals surface area contributed by atoms with Gasteiger partial charge in [0.25, 0.3) is 0 Å². The molecular weight excluding hydrogens is 274 g/mol. The molecule has 96 valence electrons. The summed E-state index contributed by atoms with van der Waals surface area (Å²) in [5.41, 5.74) is 1.35. The summed E-state index contributed by atoms with van der Waals surface area (Å²) >= 11 is 3.52. The van der Waals surface area contributed by atoms with Crippen LogP contribution in [0.3, 0.4) is 0 Å². The van der Waals surface area contributed by atoms with E-state index in [2.05, 4.69) is 66.3 Å². The van der Waals surface area contributed by atoms with Crippen LogP contribution in [-0.2, 0) is 0 Å². The molecular formula is C15H24BrN. The van der Waals surface area contributed by atoms with E-state index in [-0.39, 0.29) is 0 Å². The van der Waals surface area contributed by atoms with Crippen LogP contribution >= 0.6 is 15.9 Å². The first-order valence-corrected chi connectivity index (χ1v) is 7.44. The van der Waals surface area contributed by atoms with Crippen molar-refractivity contribution in [1.82, 2.24) is 5.32 Å². The third kappa shape index (κ3) is 5.69. The zero-order valence-electron chi connectivity index (χ0n) is 11.2. The first kappa shape index (κ1) is 14.7. The van der Waals surface area contributed by atoms with Crippen molar-refractivity contribution in [1.29, 1.82) is 0 Å². The topological polar surface area (TPSA) is 12.0 Å². The molecule has 0 heterocycles. The van der Waals surface area contributed by atoms with Crippen LogP contribution in [0, 0.1) is 0 Å². The molecule has 0 saturated carbocycles. The monoisotopic (exact) mass is 297 g/mol. The van der Waals surface area contributed by atoms with Gasteiger partial charge in [-0.1, -0.05) is 54.2 Å². The van der Waals surface area contributed by atoms with Crippen molar-refractivity contribution in [2.45, 2.75) is 58.5 Å². The lowest BCUT2D eigenvalue weighted by molar-refractivity contribution is 0.440. The summed E-state index contributed by atoms with van der Waals surface area (Å²) in [7, 11) is 0. The predicted octanol–water partition coefficient (Wildman–Crippen LogP) is 5.07. The van der Waals surface area contributed by atoms with E-state index in [0.29, 0.717) is 12.1 Å². The Balaban J connectivity index is 2.40. The van der Waals surface area contributed by atoms with Crippen molar-refractivity contribution < 1.29 is 0 Å². The number of hydrogen-bond acceptors (Lipinski definition) is 1. The van der Waals surface area contributed by atoms with E-state index in [1.807, 2.05) is 0 Å². The van der Waals surface area contributed by atoms with Crippen molar-refractivity contribution >= 4 is 15.9 Å². The fourth-order valence-electron chi connectivity index (χ4n) is 2.08. The van der Waals surface area contributed by atoms with E-state index in [1.165, 1.54) is 31.2 Å². The third-order valence-corrected chi connectivity index (χ3v) is 3.62. The van der Waals surface area contributed by atoms with Crippen LogP contribution < -0.4 is 5.32 Å².